The number of aromatic nitrogens is 4. The van der Waals surface area contributed by atoms with E-state index in [1.165, 1.54) is 12.8 Å². The van der Waals surface area contributed by atoms with Crippen LogP contribution in [-0.2, 0) is 0 Å². The van der Waals surface area contributed by atoms with Gasteiger partial charge in [-0.3, -0.25) is 0 Å². The van der Waals surface area contributed by atoms with Gasteiger partial charge in [0.2, 0.25) is 5.95 Å². The van der Waals surface area contributed by atoms with E-state index < -0.39 is 0 Å². The Morgan fingerprint density at radius 3 is 2.91 bits per heavy atom. The quantitative estimate of drug-likeness (QED) is 0.720. The standard InChI is InChI=1S/C15H20N6O/c16-15-19-13(17-6-9-1-2-9)12-14(20-15)21(8-18-12)11-4-3-10(5-11)7-22/h3-4,8-11,22H,1-2,5-7H2,(H3,16,17,19,20). The van der Waals surface area contributed by atoms with Crippen LogP contribution in [0.5, 0.6) is 0 Å². The lowest BCUT2D eigenvalue weighted by Gasteiger charge is -2.13. The average Bonchev–Trinajstić information content (AvgIpc) is 3.05. The molecule has 2 heterocycles. The molecule has 2 aliphatic rings. The second kappa shape index (κ2) is 5.24. The molecule has 1 saturated carbocycles. The highest BCUT2D eigenvalue weighted by Crippen LogP contribution is 2.32. The summed E-state index contributed by atoms with van der Waals surface area (Å²) in [5.41, 5.74) is 7.37. The molecule has 0 saturated heterocycles. The highest BCUT2D eigenvalue weighted by molar-refractivity contribution is 5.84. The van der Waals surface area contributed by atoms with Crippen molar-refractivity contribution in [3.8, 4) is 0 Å². The Balaban J connectivity index is 1.67. The highest BCUT2D eigenvalue weighted by Gasteiger charge is 2.24. The minimum Gasteiger partial charge on any atom is -0.396 e. The Labute approximate surface area is 128 Å². The van der Waals surface area contributed by atoms with E-state index in [9.17, 15) is 5.11 Å². The zero-order valence-corrected chi connectivity index (χ0v) is 12.3. The van der Waals surface area contributed by atoms with Gasteiger partial charge in [0, 0.05) is 19.1 Å². The molecule has 0 aromatic carbocycles. The van der Waals surface area contributed by atoms with E-state index >= 15 is 0 Å². The van der Waals surface area contributed by atoms with Gasteiger partial charge in [-0.25, -0.2) is 4.98 Å². The fourth-order valence-corrected chi connectivity index (χ4v) is 2.96. The van der Waals surface area contributed by atoms with Crippen molar-refractivity contribution in [2.75, 3.05) is 24.2 Å². The van der Waals surface area contributed by atoms with E-state index in [-0.39, 0.29) is 24.5 Å². The van der Waals surface area contributed by atoms with E-state index in [2.05, 4.69) is 26.3 Å². The molecular weight excluding hydrogens is 280 g/mol. The Kier molecular flexibility index (Phi) is 3.22. The van der Waals surface area contributed by atoms with Crippen LogP contribution < -0.4 is 11.1 Å². The van der Waals surface area contributed by atoms with E-state index in [1.54, 1.807) is 6.33 Å². The summed E-state index contributed by atoms with van der Waals surface area (Å²) >= 11 is 0. The van der Waals surface area contributed by atoms with Crippen molar-refractivity contribution in [3.63, 3.8) is 0 Å². The Bertz CT molecular complexity index is 720. The van der Waals surface area contributed by atoms with Gasteiger partial charge < -0.3 is 20.7 Å². The van der Waals surface area contributed by atoms with Gasteiger partial charge in [0.25, 0.3) is 0 Å². The number of hydrogen-bond donors (Lipinski definition) is 3. The van der Waals surface area contributed by atoms with Gasteiger partial charge in [0.05, 0.1) is 12.4 Å². The molecular formula is C15H20N6O. The van der Waals surface area contributed by atoms with Crippen molar-refractivity contribution in [1.29, 1.82) is 0 Å². The third-order valence-electron chi connectivity index (χ3n) is 4.44. The van der Waals surface area contributed by atoms with Crippen LogP contribution in [0, 0.1) is 11.8 Å². The fourth-order valence-electron chi connectivity index (χ4n) is 2.96. The summed E-state index contributed by atoms with van der Waals surface area (Å²) in [5, 5.41) is 12.6. The molecule has 116 valence electrons. The lowest BCUT2D eigenvalue weighted by molar-refractivity contribution is 0.244. The molecule has 2 unspecified atom stereocenters. The molecule has 7 heteroatoms. The molecule has 2 aromatic rings. The molecule has 22 heavy (non-hydrogen) atoms. The van der Waals surface area contributed by atoms with Crippen molar-refractivity contribution < 1.29 is 5.11 Å². The zero-order valence-electron chi connectivity index (χ0n) is 12.3. The van der Waals surface area contributed by atoms with Gasteiger partial charge >= 0.3 is 0 Å². The van der Waals surface area contributed by atoms with Crippen molar-refractivity contribution in [2.45, 2.75) is 25.3 Å². The Morgan fingerprint density at radius 1 is 1.32 bits per heavy atom. The Hall–Kier alpha value is -2.15. The monoisotopic (exact) mass is 300 g/mol. The molecule has 2 aliphatic carbocycles. The maximum atomic E-state index is 9.28. The summed E-state index contributed by atoms with van der Waals surface area (Å²) in [7, 11) is 0. The van der Waals surface area contributed by atoms with Crippen molar-refractivity contribution in [1.82, 2.24) is 19.5 Å². The van der Waals surface area contributed by atoms with Crippen LogP contribution >= 0.6 is 0 Å². The van der Waals surface area contributed by atoms with Crippen molar-refractivity contribution >= 4 is 22.9 Å². The van der Waals surface area contributed by atoms with Gasteiger partial charge in [-0.2, -0.15) is 9.97 Å². The molecule has 1 fully saturated rings. The number of nitrogens with one attached hydrogen (secondary N) is 1. The molecule has 0 spiro atoms. The predicted octanol–water partition coefficient (Wildman–Crippen LogP) is 1.34. The lowest BCUT2D eigenvalue weighted by Crippen LogP contribution is -2.10. The van der Waals surface area contributed by atoms with E-state index in [0.717, 1.165) is 30.0 Å². The Morgan fingerprint density at radius 2 is 2.18 bits per heavy atom. The van der Waals surface area contributed by atoms with Crippen LogP contribution in [0.15, 0.2) is 18.5 Å². The number of rotatable bonds is 5. The second-order valence-corrected chi connectivity index (χ2v) is 6.21. The summed E-state index contributed by atoms with van der Waals surface area (Å²) < 4.78 is 2.02. The number of aliphatic hydroxyl groups excluding tert-OH is 1. The zero-order chi connectivity index (χ0) is 15.1. The lowest BCUT2D eigenvalue weighted by atomic mass is 10.1. The number of hydrogen-bond acceptors (Lipinski definition) is 6. The molecule has 0 aliphatic heterocycles. The van der Waals surface area contributed by atoms with E-state index in [4.69, 9.17) is 5.73 Å². The minimum atomic E-state index is 0.160. The fraction of sp³-hybridized carbons (Fsp3) is 0.533. The molecule has 0 amide bonds. The van der Waals surface area contributed by atoms with Crippen molar-refractivity contribution in [2.24, 2.45) is 11.8 Å². The summed E-state index contributed by atoms with van der Waals surface area (Å²) in [6.07, 6.45) is 9.35. The van der Waals surface area contributed by atoms with Gasteiger partial charge in [0.1, 0.15) is 0 Å². The molecule has 0 bridgehead atoms. The number of nitrogens with two attached hydrogens (primary N) is 1. The number of imidazole rings is 1. The predicted molar refractivity (Wildman–Crippen MR) is 84.3 cm³/mol. The summed E-state index contributed by atoms with van der Waals surface area (Å²) in [6.45, 7) is 1.08. The summed E-state index contributed by atoms with van der Waals surface area (Å²) in [5.74, 6) is 1.92. The highest BCUT2D eigenvalue weighted by atomic mass is 16.3. The number of aliphatic hydroxyl groups is 1. The molecule has 2 atom stereocenters. The van der Waals surface area contributed by atoms with Crippen LogP contribution in [0.25, 0.3) is 11.2 Å². The first-order valence-electron chi connectivity index (χ1n) is 7.77. The smallest absolute Gasteiger partial charge is 0.224 e. The third-order valence-corrected chi connectivity index (χ3v) is 4.44. The summed E-state index contributed by atoms with van der Waals surface area (Å²) in [4.78, 5) is 13.1. The van der Waals surface area contributed by atoms with Crippen LogP contribution in [0.3, 0.4) is 0 Å². The molecule has 2 aromatic heterocycles. The van der Waals surface area contributed by atoms with Crippen LogP contribution in [0.1, 0.15) is 25.3 Å². The first-order valence-corrected chi connectivity index (χ1v) is 7.77. The average molecular weight is 300 g/mol. The van der Waals surface area contributed by atoms with Crippen molar-refractivity contribution in [3.05, 3.63) is 18.5 Å². The van der Waals surface area contributed by atoms with Gasteiger partial charge in [-0.1, -0.05) is 12.2 Å². The third kappa shape index (κ3) is 2.41. The number of nitrogens with zero attached hydrogens (tertiary/aromatic N) is 4. The van der Waals surface area contributed by atoms with Crippen LogP contribution in [-0.4, -0.2) is 37.8 Å². The first kappa shape index (κ1) is 13.5. The number of nitrogen functional groups attached to an aromatic ring is 1. The number of allylic oxidation sites excluding steroid dienone is 1. The number of fused-ring (bicyclic) bond motifs is 1. The van der Waals surface area contributed by atoms with E-state index in [1.807, 2.05) is 10.6 Å². The van der Waals surface area contributed by atoms with Gasteiger partial charge in [-0.15, -0.1) is 0 Å². The minimum absolute atomic E-state index is 0.160. The van der Waals surface area contributed by atoms with Gasteiger partial charge in [-0.05, 0) is 25.2 Å². The van der Waals surface area contributed by atoms with Gasteiger partial charge in [0.15, 0.2) is 17.0 Å². The maximum Gasteiger partial charge on any atom is 0.224 e. The second-order valence-electron chi connectivity index (χ2n) is 6.21. The molecule has 0 radical (unpaired) electrons. The van der Waals surface area contributed by atoms with Crippen LogP contribution in [0.2, 0.25) is 0 Å². The molecule has 4 N–H and O–H groups in total. The molecule has 7 nitrogen and oxygen atoms in total. The topological polar surface area (TPSA) is 102 Å². The normalized spacial score (nSPS) is 24.2. The largest absolute Gasteiger partial charge is 0.396 e. The number of anilines is 2. The maximum absolute atomic E-state index is 9.28. The first-order chi connectivity index (χ1) is 10.7. The molecule has 4 rings (SSSR count). The van der Waals surface area contributed by atoms with E-state index in [0.29, 0.717) is 5.82 Å². The van der Waals surface area contributed by atoms with Crippen LogP contribution in [0.4, 0.5) is 11.8 Å². The summed E-state index contributed by atoms with van der Waals surface area (Å²) in [6, 6.07) is 0.160. The SMILES string of the molecule is Nc1nc(NCC2CC2)c2ncn(C3C=CC(CO)C3)c2n1.